The summed E-state index contributed by atoms with van der Waals surface area (Å²) in [5.74, 6) is -0.509. The number of methoxy groups -OCH3 is 1. The molecule has 2 aromatic heterocycles. The Labute approximate surface area is 229 Å². The average Bonchev–Trinajstić information content (AvgIpc) is 3.50. The first-order valence-corrected chi connectivity index (χ1v) is 12.5. The van der Waals surface area contributed by atoms with Crippen molar-refractivity contribution in [3.8, 4) is 5.75 Å². The van der Waals surface area contributed by atoms with Crippen LogP contribution in [0.25, 0.3) is 11.3 Å². The van der Waals surface area contributed by atoms with E-state index in [1.165, 1.54) is 21.0 Å². The molecule has 0 spiro atoms. The van der Waals surface area contributed by atoms with Crippen LogP contribution in [0.2, 0.25) is 0 Å². The molecule has 1 unspecified atom stereocenters. The lowest BCUT2D eigenvalue weighted by Crippen LogP contribution is -2.55. The molecule has 0 fully saturated rings. The van der Waals surface area contributed by atoms with E-state index in [1.54, 1.807) is 21.5 Å². The van der Waals surface area contributed by atoms with Crippen LogP contribution in [0.5, 0.6) is 5.75 Å². The molecule has 1 aliphatic heterocycles. The lowest BCUT2D eigenvalue weighted by molar-refractivity contribution is -0.143. The smallest absolute Gasteiger partial charge is 0.419 e. The van der Waals surface area contributed by atoms with Crippen molar-refractivity contribution in [1.29, 1.82) is 0 Å². The monoisotopic (exact) mass is 561 g/mol. The molecule has 0 radical (unpaired) electrons. The summed E-state index contributed by atoms with van der Waals surface area (Å²) < 4.78 is 69.1. The Morgan fingerprint density at radius 2 is 1.93 bits per heavy atom. The Bertz CT molecular complexity index is 1480. The third-order valence-corrected chi connectivity index (χ3v) is 6.91. The molecular formula is C28H31F4N5O3. The molecule has 0 amide bonds. The number of halogens is 4. The number of hydrogen-bond acceptors (Lipinski definition) is 6. The fourth-order valence-electron chi connectivity index (χ4n) is 4.75. The number of aryl methyl sites for hydroxylation is 1. The second-order valence-corrected chi connectivity index (χ2v) is 10.2. The van der Waals surface area contributed by atoms with Crippen molar-refractivity contribution in [2.75, 3.05) is 7.11 Å². The molecule has 214 valence electrons. The quantitative estimate of drug-likeness (QED) is 0.210. The summed E-state index contributed by atoms with van der Waals surface area (Å²) in [6.07, 6.45) is 2.91. The Balaban J connectivity index is 1.77. The summed E-state index contributed by atoms with van der Waals surface area (Å²) in [4.78, 5) is 4.24. The zero-order chi connectivity index (χ0) is 29.5. The molecule has 1 aromatic carbocycles. The summed E-state index contributed by atoms with van der Waals surface area (Å²) >= 11 is 0. The van der Waals surface area contributed by atoms with E-state index in [0.29, 0.717) is 48.0 Å². The molecule has 4 rings (SSSR count). The summed E-state index contributed by atoms with van der Waals surface area (Å²) in [6, 6.07) is 2.39. The van der Waals surface area contributed by atoms with E-state index >= 15 is 0 Å². The molecule has 1 atom stereocenters. The Hall–Kier alpha value is -3.93. The molecule has 0 bridgehead atoms. The molecule has 8 nitrogen and oxygen atoms in total. The van der Waals surface area contributed by atoms with Crippen molar-refractivity contribution in [3.05, 3.63) is 83.9 Å². The van der Waals surface area contributed by atoms with Crippen LogP contribution in [0.1, 0.15) is 56.5 Å². The van der Waals surface area contributed by atoms with E-state index in [-0.39, 0.29) is 18.0 Å². The number of rotatable bonds is 8. The van der Waals surface area contributed by atoms with Gasteiger partial charge in [0, 0.05) is 12.7 Å². The van der Waals surface area contributed by atoms with Crippen molar-refractivity contribution in [2.24, 2.45) is 0 Å². The van der Waals surface area contributed by atoms with Crippen molar-refractivity contribution in [2.45, 2.75) is 64.5 Å². The molecule has 12 heteroatoms. The maximum atomic E-state index is 13.9. The third-order valence-electron chi connectivity index (χ3n) is 6.91. The van der Waals surface area contributed by atoms with Gasteiger partial charge < -0.3 is 23.7 Å². The number of alkyl halides is 3. The second kappa shape index (κ2) is 10.6. The maximum Gasteiger partial charge on any atom is 0.419 e. The molecule has 0 aliphatic carbocycles. The predicted octanol–water partition coefficient (Wildman–Crippen LogP) is 5.88. The number of hydrogen-bond donors (Lipinski definition) is 1. The van der Waals surface area contributed by atoms with Crippen molar-refractivity contribution in [1.82, 2.24) is 24.3 Å². The summed E-state index contributed by atoms with van der Waals surface area (Å²) in [7, 11) is 1.51. The highest BCUT2D eigenvalue weighted by Gasteiger charge is 2.53. The van der Waals surface area contributed by atoms with Gasteiger partial charge in [-0.15, -0.1) is 10.2 Å². The van der Waals surface area contributed by atoms with Gasteiger partial charge in [-0.25, -0.2) is 9.37 Å². The number of allylic oxidation sites excluding steroid dienone is 4. The maximum absolute atomic E-state index is 13.9. The zero-order valence-electron chi connectivity index (χ0n) is 22.9. The number of benzene rings is 1. The van der Waals surface area contributed by atoms with E-state index < -0.39 is 28.8 Å². The standard InChI is InChI=1S/C28H31F4N5O3/c1-17(8-11-23(19(3)39-6)36-15-18(2)33-16-36)24-34-35-25-27(26(4,5)38,12-7-13-37(24)25)40-20-9-10-22(29)21(14-20)28(30,31)32/h8-11,14-16,38H,3,7,12-13H2,1-2,4-6H3/b17-8+,23-11+. The van der Waals surface area contributed by atoms with Crippen molar-refractivity contribution < 1.29 is 32.1 Å². The van der Waals surface area contributed by atoms with E-state index in [2.05, 4.69) is 21.8 Å². The fourth-order valence-corrected chi connectivity index (χ4v) is 4.75. The van der Waals surface area contributed by atoms with Gasteiger partial charge in [0.15, 0.2) is 17.2 Å². The van der Waals surface area contributed by atoms with E-state index in [1.807, 2.05) is 26.1 Å². The SMILES string of the molecule is C=C(OC)/C(=C\C=C(/C)c1nnc2n1CCCC2(Oc1ccc(F)c(C(F)(F)F)c1)C(C)(C)O)n1cnc(C)c1. The first kappa shape index (κ1) is 29.1. The van der Waals surface area contributed by atoms with Crippen LogP contribution in [-0.4, -0.2) is 42.1 Å². The van der Waals surface area contributed by atoms with Crippen LogP contribution >= 0.6 is 0 Å². The van der Waals surface area contributed by atoms with Crippen LogP contribution in [0.4, 0.5) is 17.6 Å². The first-order valence-electron chi connectivity index (χ1n) is 12.5. The highest BCUT2D eigenvalue weighted by molar-refractivity contribution is 5.68. The second-order valence-electron chi connectivity index (χ2n) is 10.2. The molecule has 3 heterocycles. The van der Waals surface area contributed by atoms with Gasteiger partial charge in [-0.2, -0.15) is 13.2 Å². The van der Waals surface area contributed by atoms with E-state index in [0.717, 1.165) is 11.8 Å². The van der Waals surface area contributed by atoms with Gasteiger partial charge in [0.05, 0.1) is 30.4 Å². The van der Waals surface area contributed by atoms with Crippen molar-refractivity contribution >= 4 is 11.3 Å². The number of imidazole rings is 1. The molecule has 1 aliphatic rings. The molecule has 1 N–H and O–H groups in total. The highest BCUT2D eigenvalue weighted by atomic mass is 19.4. The number of ether oxygens (including phenoxy) is 2. The van der Waals surface area contributed by atoms with Crippen LogP contribution in [0.15, 0.2) is 55.2 Å². The van der Waals surface area contributed by atoms with Gasteiger partial charge in [0.1, 0.15) is 22.9 Å². The lowest BCUT2D eigenvalue weighted by atomic mass is 9.79. The lowest BCUT2D eigenvalue weighted by Gasteiger charge is -2.44. The number of fused-ring (bicyclic) bond motifs is 1. The van der Waals surface area contributed by atoms with Crippen LogP contribution in [0.3, 0.4) is 0 Å². The summed E-state index contributed by atoms with van der Waals surface area (Å²) in [5.41, 5.74) is -2.44. The topological polar surface area (TPSA) is 87.2 Å². The van der Waals surface area contributed by atoms with E-state index in [9.17, 15) is 22.7 Å². The molecule has 0 saturated heterocycles. The van der Waals surface area contributed by atoms with Gasteiger partial charge >= 0.3 is 6.18 Å². The zero-order valence-corrected chi connectivity index (χ0v) is 22.9. The number of nitrogens with zero attached hydrogens (tertiary/aromatic N) is 5. The molecule has 3 aromatic rings. The predicted molar refractivity (Wildman–Crippen MR) is 140 cm³/mol. The van der Waals surface area contributed by atoms with Gasteiger partial charge in [-0.3, -0.25) is 0 Å². The van der Waals surface area contributed by atoms with Gasteiger partial charge in [0.25, 0.3) is 0 Å². The first-order chi connectivity index (χ1) is 18.7. The number of aromatic nitrogens is 5. The van der Waals surface area contributed by atoms with Crippen LogP contribution in [0, 0.1) is 12.7 Å². The minimum Gasteiger partial charge on any atom is -0.495 e. The van der Waals surface area contributed by atoms with Crippen LogP contribution in [-0.2, 0) is 23.1 Å². The minimum absolute atomic E-state index is 0.244. The highest BCUT2D eigenvalue weighted by Crippen LogP contribution is 2.45. The van der Waals surface area contributed by atoms with Crippen molar-refractivity contribution in [3.63, 3.8) is 0 Å². The molecule has 0 saturated carbocycles. The Morgan fingerprint density at radius 3 is 2.52 bits per heavy atom. The minimum atomic E-state index is -4.91. The fraction of sp³-hybridized carbons (Fsp3) is 0.393. The number of aliphatic hydroxyl groups is 1. The van der Waals surface area contributed by atoms with Gasteiger partial charge in [-0.1, -0.05) is 12.7 Å². The molecular weight excluding hydrogens is 530 g/mol. The van der Waals surface area contributed by atoms with Gasteiger partial charge in [0.2, 0.25) is 0 Å². The molecule has 40 heavy (non-hydrogen) atoms. The van der Waals surface area contributed by atoms with E-state index in [4.69, 9.17) is 9.47 Å². The summed E-state index contributed by atoms with van der Waals surface area (Å²) in [5, 5.41) is 20.0. The summed E-state index contributed by atoms with van der Waals surface area (Å²) in [6.45, 7) is 11.1. The van der Waals surface area contributed by atoms with Crippen LogP contribution < -0.4 is 4.74 Å². The average molecular weight is 562 g/mol. The normalized spacial score (nSPS) is 18.4. The Kier molecular flexibility index (Phi) is 7.68. The largest absolute Gasteiger partial charge is 0.495 e. The third kappa shape index (κ3) is 5.40. The Morgan fingerprint density at radius 1 is 1.20 bits per heavy atom. The van der Waals surface area contributed by atoms with Gasteiger partial charge in [-0.05, 0) is 70.4 Å².